The highest BCUT2D eigenvalue weighted by Crippen LogP contribution is 2.27. The van der Waals surface area contributed by atoms with Crippen molar-refractivity contribution in [2.45, 2.75) is 17.3 Å². The highest BCUT2D eigenvalue weighted by atomic mass is 32.2. The van der Waals surface area contributed by atoms with E-state index in [-0.39, 0.29) is 0 Å². The molecule has 20 heavy (non-hydrogen) atoms. The normalized spacial score (nSPS) is 12.1. The molecule has 0 spiro atoms. The van der Waals surface area contributed by atoms with E-state index in [1.165, 1.54) is 11.8 Å². The summed E-state index contributed by atoms with van der Waals surface area (Å²) in [5, 5.41) is 12.3. The Labute approximate surface area is 123 Å². The van der Waals surface area contributed by atoms with Gasteiger partial charge in [-0.2, -0.15) is 0 Å². The molecule has 0 aliphatic heterocycles. The third kappa shape index (κ3) is 3.17. The van der Waals surface area contributed by atoms with Crippen molar-refractivity contribution in [3.05, 3.63) is 17.5 Å². The summed E-state index contributed by atoms with van der Waals surface area (Å²) in [5.41, 5.74) is 4.91. The fourth-order valence-corrected chi connectivity index (χ4v) is 3.03. The highest BCUT2D eigenvalue weighted by molar-refractivity contribution is 8.00. The maximum Gasteiger partial charge on any atom is 0.318 e. The number of carbonyl (C=O) groups is 2. The standard InChI is InChI=1S/C11H13N5O2S2/c1-6(9(17)13-10(12)18)20-11-15-14-8(16(11)2)7-4-3-5-19-7/h3-6H,1-2H3,(H3,12,13,17,18). The predicted octanol–water partition coefficient (Wildman–Crippen LogP) is 1.22. The van der Waals surface area contributed by atoms with E-state index in [0.717, 1.165) is 10.7 Å². The summed E-state index contributed by atoms with van der Waals surface area (Å²) in [7, 11) is 1.83. The number of imide groups is 1. The van der Waals surface area contributed by atoms with Crippen LogP contribution in [0.3, 0.4) is 0 Å². The first kappa shape index (κ1) is 14.5. The minimum Gasteiger partial charge on any atom is -0.351 e. The van der Waals surface area contributed by atoms with Gasteiger partial charge in [-0.1, -0.05) is 17.8 Å². The van der Waals surface area contributed by atoms with Crippen LogP contribution in [0.15, 0.2) is 22.7 Å². The van der Waals surface area contributed by atoms with Gasteiger partial charge in [-0.15, -0.1) is 21.5 Å². The summed E-state index contributed by atoms with van der Waals surface area (Å²) in [6.07, 6.45) is 0. The number of aromatic nitrogens is 3. The number of nitrogens with zero attached hydrogens (tertiary/aromatic N) is 3. The van der Waals surface area contributed by atoms with E-state index in [1.807, 2.05) is 34.4 Å². The van der Waals surface area contributed by atoms with Gasteiger partial charge in [-0.3, -0.25) is 10.1 Å². The first-order valence-electron chi connectivity index (χ1n) is 5.69. The Hall–Kier alpha value is -1.87. The van der Waals surface area contributed by atoms with Gasteiger partial charge in [0.2, 0.25) is 5.91 Å². The van der Waals surface area contributed by atoms with Crippen molar-refractivity contribution in [1.82, 2.24) is 20.1 Å². The lowest BCUT2D eigenvalue weighted by molar-refractivity contribution is -0.119. The molecule has 1 unspecified atom stereocenters. The Balaban J connectivity index is 2.11. The lowest BCUT2D eigenvalue weighted by Crippen LogP contribution is -2.39. The van der Waals surface area contributed by atoms with Crippen LogP contribution in [0.1, 0.15) is 6.92 Å². The summed E-state index contributed by atoms with van der Waals surface area (Å²) in [5.74, 6) is 0.285. The number of nitrogens with one attached hydrogen (secondary N) is 1. The van der Waals surface area contributed by atoms with Gasteiger partial charge in [-0.25, -0.2) is 4.79 Å². The van der Waals surface area contributed by atoms with Crippen molar-refractivity contribution in [3.8, 4) is 10.7 Å². The van der Waals surface area contributed by atoms with Gasteiger partial charge >= 0.3 is 6.03 Å². The fraction of sp³-hybridized carbons (Fsp3) is 0.273. The predicted molar refractivity (Wildman–Crippen MR) is 77.4 cm³/mol. The minimum absolute atomic E-state index is 0.455. The molecule has 3 N–H and O–H groups in total. The molecule has 2 aromatic rings. The molecule has 0 aromatic carbocycles. The van der Waals surface area contributed by atoms with Gasteiger partial charge in [0.15, 0.2) is 11.0 Å². The van der Waals surface area contributed by atoms with Gasteiger partial charge in [0.05, 0.1) is 10.1 Å². The third-order valence-electron chi connectivity index (χ3n) is 2.47. The fourth-order valence-electron chi connectivity index (χ4n) is 1.47. The van der Waals surface area contributed by atoms with Crippen LogP contribution in [-0.4, -0.2) is 32.0 Å². The molecule has 0 aliphatic carbocycles. The van der Waals surface area contributed by atoms with E-state index >= 15 is 0 Å². The van der Waals surface area contributed by atoms with E-state index in [1.54, 1.807) is 18.3 Å². The van der Waals surface area contributed by atoms with Gasteiger partial charge in [0, 0.05) is 7.05 Å². The second-order valence-electron chi connectivity index (χ2n) is 3.96. The second-order valence-corrected chi connectivity index (χ2v) is 6.21. The smallest absolute Gasteiger partial charge is 0.318 e. The van der Waals surface area contributed by atoms with Gasteiger partial charge in [0.25, 0.3) is 0 Å². The molecule has 0 saturated carbocycles. The maximum atomic E-state index is 11.6. The highest BCUT2D eigenvalue weighted by Gasteiger charge is 2.20. The number of hydrogen-bond acceptors (Lipinski definition) is 6. The Morgan fingerprint density at radius 1 is 1.50 bits per heavy atom. The Morgan fingerprint density at radius 3 is 2.85 bits per heavy atom. The molecule has 7 nitrogen and oxygen atoms in total. The van der Waals surface area contributed by atoms with E-state index in [4.69, 9.17) is 5.73 Å². The molecule has 2 rings (SSSR count). The van der Waals surface area contributed by atoms with E-state index in [0.29, 0.717) is 5.16 Å². The van der Waals surface area contributed by atoms with E-state index in [9.17, 15) is 9.59 Å². The van der Waals surface area contributed by atoms with Crippen LogP contribution in [0.4, 0.5) is 4.79 Å². The van der Waals surface area contributed by atoms with Crippen molar-refractivity contribution in [1.29, 1.82) is 0 Å². The van der Waals surface area contributed by atoms with Crippen LogP contribution in [0.5, 0.6) is 0 Å². The topological polar surface area (TPSA) is 103 Å². The molecular weight excluding hydrogens is 298 g/mol. The number of amides is 3. The lowest BCUT2D eigenvalue weighted by Gasteiger charge is -2.09. The molecule has 2 heterocycles. The largest absolute Gasteiger partial charge is 0.351 e. The molecule has 0 saturated heterocycles. The van der Waals surface area contributed by atoms with E-state index in [2.05, 4.69) is 10.2 Å². The van der Waals surface area contributed by atoms with Crippen LogP contribution >= 0.6 is 23.1 Å². The monoisotopic (exact) mass is 311 g/mol. The van der Waals surface area contributed by atoms with Crippen LogP contribution in [0, 0.1) is 0 Å². The number of primary amides is 1. The third-order valence-corrected chi connectivity index (χ3v) is 4.47. The summed E-state index contributed by atoms with van der Waals surface area (Å²) in [4.78, 5) is 23.3. The van der Waals surface area contributed by atoms with Crippen LogP contribution in [0.2, 0.25) is 0 Å². The Bertz CT molecular complexity index is 623. The molecule has 106 valence electrons. The average Bonchev–Trinajstić information content (AvgIpc) is 2.99. The first-order valence-corrected chi connectivity index (χ1v) is 7.45. The maximum absolute atomic E-state index is 11.6. The van der Waals surface area contributed by atoms with Crippen LogP contribution in [0.25, 0.3) is 10.7 Å². The van der Waals surface area contributed by atoms with Crippen molar-refractivity contribution in [3.63, 3.8) is 0 Å². The number of thiophene rings is 1. The number of rotatable bonds is 4. The first-order chi connectivity index (χ1) is 9.49. The van der Waals surface area contributed by atoms with Crippen molar-refractivity contribution in [2.24, 2.45) is 12.8 Å². The van der Waals surface area contributed by atoms with Crippen molar-refractivity contribution >= 4 is 35.0 Å². The molecule has 3 amide bonds. The summed E-state index contributed by atoms with van der Waals surface area (Å²) in [6, 6.07) is 3.02. The van der Waals surface area contributed by atoms with Crippen LogP contribution < -0.4 is 11.1 Å². The number of thioether (sulfide) groups is 1. The second kappa shape index (κ2) is 6.06. The zero-order valence-corrected chi connectivity index (χ0v) is 12.5. The lowest BCUT2D eigenvalue weighted by atomic mass is 10.4. The number of hydrogen-bond donors (Lipinski definition) is 2. The van der Waals surface area contributed by atoms with Gasteiger partial charge in [-0.05, 0) is 18.4 Å². The Morgan fingerprint density at radius 2 is 2.25 bits per heavy atom. The Kier molecular flexibility index (Phi) is 4.40. The molecule has 2 aromatic heterocycles. The molecule has 0 fully saturated rings. The average molecular weight is 311 g/mol. The molecular formula is C11H13N5O2S2. The number of carbonyl (C=O) groups excluding carboxylic acids is 2. The summed E-state index contributed by atoms with van der Waals surface area (Å²) in [6.45, 7) is 1.67. The quantitative estimate of drug-likeness (QED) is 0.826. The van der Waals surface area contributed by atoms with Crippen molar-refractivity contribution < 1.29 is 9.59 Å². The summed E-state index contributed by atoms with van der Waals surface area (Å²) >= 11 is 2.78. The van der Waals surface area contributed by atoms with Crippen molar-refractivity contribution in [2.75, 3.05) is 0 Å². The molecule has 9 heteroatoms. The van der Waals surface area contributed by atoms with Gasteiger partial charge < -0.3 is 10.3 Å². The molecule has 0 bridgehead atoms. The van der Waals surface area contributed by atoms with Crippen LogP contribution in [-0.2, 0) is 11.8 Å². The van der Waals surface area contributed by atoms with Gasteiger partial charge in [0.1, 0.15) is 0 Å². The molecule has 0 radical (unpaired) electrons. The molecule has 0 aliphatic rings. The van der Waals surface area contributed by atoms with E-state index < -0.39 is 17.2 Å². The minimum atomic E-state index is -0.861. The summed E-state index contributed by atoms with van der Waals surface area (Å²) < 4.78 is 1.81. The number of urea groups is 1. The zero-order chi connectivity index (χ0) is 14.7. The SMILES string of the molecule is CC(Sc1nnc(-c2cccs2)n1C)C(=O)NC(N)=O. The zero-order valence-electron chi connectivity index (χ0n) is 10.9. The molecule has 1 atom stereocenters. The number of nitrogens with two attached hydrogens (primary N) is 1.